The summed E-state index contributed by atoms with van der Waals surface area (Å²) in [4.78, 5) is 20.5. The Bertz CT molecular complexity index is 849. The summed E-state index contributed by atoms with van der Waals surface area (Å²) in [7, 11) is 0. The molecular formula is C16H17FN2OS2. The number of halogens is 1. The van der Waals surface area contributed by atoms with Gasteiger partial charge in [0.15, 0.2) is 0 Å². The van der Waals surface area contributed by atoms with Crippen molar-refractivity contribution in [2.24, 2.45) is 0 Å². The summed E-state index contributed by atoms with van der Waals surface area (Å²) in [6, 6.07) is 3.99. The molecule has 0 amide bonds. The van der Waals surface area contributed by atoms with E-state index in [1.165, 1.54) is 4.57 Å². The van der Waals surface area contributed by atoms with Gasteiger partial charge < -0.3 is 0 Å². The summed E-state index contributed by atoms with van der Waals surface area (Å²) < 4.78 is 14.4. The Morgan fingerprint density at radius 3 is 2.86 bits per heavy atom. The number of rotatable bonds is 5. The predicted octanol–water partition coefficient (Wildman–Crippen LogP) is 4.42. The van der Waals surface area contributed by atoms with Crippen molar-refractivity contribution >= 4 is 32.9 Å². The lowest BCUT2D eigenvalue weighted by Crippen LogP contribution is -2.26. The van der Waals surface area contributed by atoms with Crippen LogP contribution in [0.2, 0.25) is 0 Å². The van der Waals surface area contributed by atoms with E-state index in [2.05, 4.69) is 4.98 Å². The molecule has 22 heavy (non-hydrogen) atoms. The molecular weight excluding hydrogens is 319 g/mol. The van der Waals surface area contributed by atoms with Crippen LogP contribution < -0.4 is 5.56 Å². The molecule has 3 nitrogen and oxygen atoms in total. The Morgan fingerprint density at radius 2 is 2.23 bits per heavy atom. The second kappa shape index (κ2) is 6.30. The van der Waals surface area contributed by atoms with Crippen LogP contribution in [-0.4, -0.2) is 16.2 Å². The molecule has 116 valence electrons. The molecule has 6 heteroatoms. The number of nitrogens with zero attached hydrogens (tertiary/aromatic N) is 2. The third-order valence-corrected chi connectivity index (χ3v) is 5.50. The molecule has 0 unspecified atom stereocenters. The minimum Gasteiger partial charge on any atom is -0.293 e. The maximum atomic E-state index is 12.9. The molecule has 0 aliphatic rings. The van der Waals surface area contributed by atoms with Crippen LogP contribution in [-0.2, 0) is 13.0 Å². The Hall–Kier alpha value is -1.53. The van der Waals surface area contributed by atoms with Crippen molar-refractivity contribution in [3.8, 4) is 10.4 Å². The van der Waals surface area contributed by atoms with Crippen LogP contribution >= 0.6 is 22.7 Å². The number of alkyl halides is 1. The monoisotopic (exact) mass is 336 g/mol. The zero-order chi connectivity index (χ0) is 15.7. The lowest BCUT2D eigenvalue weighted by Gasteiger charge is -2.10. The van der Waals surface area contributed by atoms with Gasteiger partial charge in [0.1, 0.15) is 17.3 Å². The molecule has 0 aromatic carbocycles. The second-order valence-corrected chi connectivity index (χ2v) is 7.27. The first-order chi connectivity index (χ1) is 10.7. The van der Waals surface area contributed by atoms with E-state index < -0.39 is 6.67 Å². The zero-order valence-corrected chi connectivity index (χ0v) is 14.2. The molecule has 0 saturated heterocycles. The summed E-state index contributed by atoms with van der Waals surface area (Å²) >= 11 is 3.16. The minimum absolute atomic E-state index is 0.0792. The van der Waals surface area contributed by atoms with Gasteiger partial charge >= 0.3 is 0 Å². The van der Waals surface area contributed by atoms with Crippen LogP contribution in [0.15, 0.2) is 22.3 Å². The van der Waals surface area contributed by atoms with Crippen molar-refractivity contribution < 1.29 is 4.39 Å². The number of fused-ring (bicyclic) bond motifs is 1. The Labute approximate surface area is 136 Å². The summed E-state index contributed by atoms with van der Waals surface area (Å²) in [5.41, 5.74) is 0.849. The third-order valence-electron chi connectivity index (χ3n) is 3.62. The van der Waals surface area contributed by atoms with Gasteiger partial charge in [0.25, 0.3) is 5.56 Å². The van der Waals surface area contributed by atoms with E-state index in [-0.39, 0.29) is 12.1 Å². The topological polar surface area (TPSA) is 34.9 Å². The van der Waals surface area contributed by atoms with Gasteiger partial charge in [-0.1, -0.05) is 13.0 Å². The van der Waals surface area contributed by atoms with Crippen LogP contribution in [0.4, 0.5) is 4.39 Å². The van der Waals surface area contributed by atoms with E-state index in [0.29, 0.717) is 17.6 Å². The van der Waals surface area contributed by atoms with Crippen LogP contribution in [0.5, 0.6) is 0 Å². The number of hydrogen-bond acceptors (Lipinski definition) is 4. The molecule has 3 heterocycles. The van der Waals surface area contributed by atoms with Crippen LogP contribution in [0.1, 0.15) is 24.0 Å². The Morgan fingerprint density at radius 1 is 1.41 bits per heavy atom. The molecule has 0 aliphatic carbocycles. The van der Waals surface area contributed by atoms with Crippen molar-refractivity contribution in [3.05, 3.63) is 38.6 Å². The van der Waals surface area contributed by atoms with Gasteiger partial charge in [0.2, 0.25) is 0 Å². The van der Waals surface area contributed by atoms with Gasteiger partial charge in [0.05, 0.1) is 11.9 Å². The first-order valence-corrected chi connectivity index (χ1v) is 8.99. The highest BCUT2D eigenvalue weighted by molar-refractivity contribution is 7.20. The molecule has 0 spiro atoms. The molecule has 0 atom stereocenters. The van der Waals surface area contributed by atoms with E-state index in [1.54, 1.807) is 22.7 Å². The van der Waals surface area contributed by atoms with Gasteiger partial charge in [-0.25, -0.2) is 9.37 Å². The van der Waals surface area contributed by atoms with Crippen molar-refractivity contribution in [1.29, 1.82) is 0 Å². The fraction of sp³-hybridized carbons (Fsp3) is 0.375. The Balaban J connectivity index is 2.34. The Kier molecular flexibility index (Phi) is 4.40. The molecule has 3 aromatic heterocycles. The maximum Gasteiger partial charge on any atom is 0.263 e. The van der Waals surface area contributed by atoms with Gasteiger partial charge in [-0.2, -0.15) is 0 Å². The first kappa shape index (κ1) is 15.4. The highest BCUT2D eigenvalue weighted by atomic mass is 32.1. The zero-order valence-electron chi connectivity index (χ0n) is 12.6. The number of hydrogen-bond donors (Lipinski definition) is 0. The lowest BCUT2D eigenvalue weighted by molar-refractivity contribution is 0.431. The van der Waals surface area contributed by atoms with Gasteiger partial charge in [-0.3, -0.25) is 9.36 Å². The van der Waals surface area contributed by atoms with E-state index in [4.69, 9.17) is 0 Å². The fourth-order valence-corrected chi connectivity index (χ4v) is 4.63. The number of aryl methyl sites for hydroxylation is 2. The molecule has 0 aliphatic heterocycles. The molecule has 0 N–H and O–H groups in total. The van der Waals surface area contributed by atoms with Gasteiger partial charge in [-0.05, 0) is 24.8 Å². The predicted molar refractivity (Wildman–Crippen MR) is 91.9 cm³/mol. The van der Waals surface area contributed by atoms with Crippen molar-refractivity contribution in [2.45, 2.75) is 33.2 Å². The summed E-state index contributed by atoms with van der Waals surface area (Å²) in [6.45, 7) is 3.57. The largest absolute Gasteiger partial charge is 0.293 e. The number of thiophene rings is 2. The highest BCUT2D eigenvalue weighted by Gasteiger charge is 2.19. The van der Waals surface area contributed by atoms with Crippen LogP contribution in [0.3, 0.4) is 0 Å². The fourth-order valence-electron chi connectivity index (χ4n) is 2.68. The van der Waals surface area contributed by atoms with E-state index >= 15 is 0 Å². The second-order valence-electron chi connectivity index (χ2n) is 5.11. The summed E-state index contributed by atoms with van der Waals surface area (Å²) in [6.07, 6.45) is 1.57. The van der Waals surface area contributed by atoms with E-state index in [9.17, 15) is 9.18 Å². The van der Waals surface area contributed by atoms with Crippen molar-refractivity contribution in [1.82, 2.24) is 9.55 Å². The smallest absolute Gasteiger partial charge is 0.263 e. The maximum absolute atomic E-state index is 12.9. The normalized spacial score (nSPS) is 11.4. The molecule has 0 bridgehead atoms. The average molecular weight is 336 g/mol. The molecule has 3 aromatic rings. The molecule has 0 radical (unpaired) electrons. The SMILES string of the molecule is CCCc1nc2sc(C)c(-c3cccs3)c2c(=O)n1CCF. The standard InChI is InChI=1S/C16H17FN2OS2/c1-3-5-12-18-15-14(16(20)19(12)8-7-17)13(10(2)22-15)11-6-4-9-21-11/h4,6,9H,3,5,7-8H2,1-2H3. The lowest BCUT2D eigenvalue weighted by atomic mass is 10.1. The summed E-state index contributed by atoms with van der Waals surface area (Å²) in [5, 5.41) is 2.63. The molecule has 0 fully saturated rings. The van der Waals surface area contributed by atoms with E-state index in [1.807, 2.05) is 31.4 Å². The van der Waals surface area contributed by atoms with E-state index in [0.717, 1.165) is 26.6 Å². The van der Waals surface area contributed by atoms with Gasteiger partial charge in [-0.15, -0.1) is 22.7 Å². The van der Waals surface area contributed by atoms with Gasteiger partial charge in [0, 0.05) is 21.7 Å². The number of aromatic nitrogens is 2. The van der Waals surface area contributed by atoms with Crippen molar-refractivity contribution in [3.63, 3.8) is 0 Å². The molecule has 0 saturated carbocycles. The summed E-state index contributed by atoms with van der Waals surface area (Å²) in [5.74, 6) is 0.691. The molecule has 3 rings (SSSR count). The quantitative estimate of drug-likeness (QED) is 0.691. The minimum atomic E-state index is -0.554. The first-order valence-electron chi connectivity index (χ1n) is 7.30. The third kappa shape index (κ3) is 2.50. The highest BCUT2D eigenvalue weighted by Crippen LogP contribution is 2.37. The van der Waals surface area contributed by atoms with Crippen molar-refractivity contribution in [2.75, 3.05) is 6.67 Å². The average Bonchev–Trinajstić information content (AvgIpc) is 3.10. The van der Waals surface area contributed by atoms with Crippen LogP contribution in [0.25, 0.3) is 20.7 Å². The van der Waals surface area contributed by atoms with Crippen LogP contribution in [0, 0.1) is 6.92 Å².